The van der Waals surface area contributed by atoms with Gasteiger partial charge in [-0.25, -0.2) is 9.07 Å². The monoisotopic (exact) mass is 366 g/mol. The molecule has 0 bridgehead atoms. The zero-order valence-electron chi connectivity index (χ0n) is 15.0. The zero-order chi connectivity index (χ0) is 19.4. The number of amides is 2. The Balaban J connectivity index is 1.85. The van der Waals surface area contributed by atoms with Crippen LogP contribution in [0.2, 0.25) is 0 Å². The number of nitrogens with zero attached hydrogens (tertiary/aromatic N) is 2. The van der Waals surface area contributed by atoms with Gasteiger partial charge in [0.2, 0.25) is 5.91 Å². The number of aromatic nitrogens is 2. The van der Waals surface area contributed by atoms with Crippen molar-refractivity contribution >= 4 is 23.2 Å². The van der Waals surface area contributed by atoms with Gasteiger partial charge in [-0.3, -0.25) is 9.59 Å². The predicted molar refractivity (Wildman–Crippen MR) is 102 cm³/mol. The summed E-state index contributed by atoms with van der Waals surface area (Å²) in [5.74, 6) is -0.825. The molecule has 0 aliphatic carbocycles. The number of carbonyl (C=O) groups is 2. The number of nitrogens with one attached hydrogen (secondary N) is 2. The first-order valence-corrected chi connectivity index (χ1v) is 8.49. The van der Waals surface area contributed by atoms with Gasteiger partial charge in [0.05, 0.1) is 23.1 Å². The second kappa shape index (κ2) is 7.82. The minimum atomic E-state index is -0.332. The SMILES string of the molecule is CCc1c(C(=O)Nc2cccc(NC(C)=O)c2)cnn1-c1ccc(F)cc1. The summed E-state index contributed by atoms with van der Waals surface area (Å²) >= 11 is 0. The fourth-order valence-corrected chi connectivity index (χ4v) is 2.78. The normalized spacial score (nSPS) is 10.5. The van der Waals surface area contributed by atoms with Gasteiger partial charge in [0.25, 0.3) is 5.91 Å². The molecule has 1 aromatic heterocycles. The third kappa shape index (κ3) is 4.20. The Kier molecular flexibility index (Phi) is 5.30. The molecule has 7 heteroatoms. The van der Waals surface area contributed by atoms with Crippen molar-refractivity contribution in [1.29, 1.82) is 0 Å². The first kappa shape index (κ1) is 18.3. The second-order valence-corrected chi connectivity index (χ2v) is 5.96. The third-order valence-corrected chi connectivity index (χ3v) is 3.96. The highest BCUT2D eigenvalue weighted by Gasteiger charge is 2.17. The lowest BCUT2D eigenvalue weighted by molar-refractivity contribution is -0.114. The summed E-state index contributed by atoms with van der Waals surface area (Å²) in [5.41, 5.74) is 2.99. The van der Waals surface area contributed by atoms with Crippen molar-refractivity contribution in [2.75, 3.05) is 10.6 Å². The number of anilines is 2. The van der Waals surface area contributed by atoms with E-state index in [4.69, 9.17) is 0 Å². The Labute approximate surface area is 156 Å². The van der Waals surface area contributed by atoms with Gasteiger partial charge in [-0.05, 0) is 48.9 Å². The molecule has 0 spiro atoms. The smallest absolute Gasteiger partial charge is 0.259 e. The number of rotatable bonds is 5. The molecule has 3 aromatic rings. The maximum Gasteiger partial charge on any atom is 0.259 e. The first-order chi connectivity index (χ1) is 13.0. The molecule has 0 aliphatic heterocycles. The van der Waals surface area contributed by atoms with Crippen LogP contribution in [0.25, 0.3) is 5.69 Å². The molecule has 6 nitrogen and oxygen atoms in total. The molecular weight excluding hydrogens is 347 g/mol. The number of carbonyl (C=O) groups excluding carboxylic acids is 2. The van der Waals surface area contributed by atoms with Gasteiger partial charge in [0.1, 0.15) is 5.82 Å². The van der Waals surface area contributed by atoms with Crippen LogP contribution in [-0.4, -0.2) is 21.6 Å². The quantitative estimate of drug-likeness (QED) is 0.721. The van der Waals surface area contributed by atoms with Crippen molar-refractivity contribution in [3.63, 3.8) is 0 Å². The van der Waals surface area contributed by atoms with Crippen molar-refractivity contribution in [3.8, 4) is 5.69 Å². The van der Waals surface area contributed by atoms with E-state index in [9.17, 15) is 14.0 Å². The van der Waals surface area contributed by atoms with Crippen molar-refractivity contribution in [2.45, 2.75) is 20.3 Å². The van der Waals surface area contributed by atoms with E-state index in [1.807, 2.05) is 6.92 Å². The molecule has 27 heavy (non-hydrogen) atoms. The molecule has 0 radical (unpaired) electrons. The van der Waals surface area contributed by atoms with Gasteiger partial charge in [0.15, 0.2) is 0 Å². The van der Waals surface area contributed by atoms with E-state index < -0.39 is 0 Å². The standard InChI is InChI=1S/C20H19FN4O2/c1-3-19-18(12-22-25(19)17-9-7-14(21)8-10-17)20(27)24-16-6-4-5-15(11-16)23-13(2)26/h4-12H,3H2,1-2H3,(H,23,26)(H,24,27). The van der Waals surface area contributed by atoms with Crippen molar-refractivity contribution in [2.24, 2.45) is 0 Å². The lowest BCUT2D eigenvalue weighted by Crippen LogP contribution is -2.14. The van der Waals surface area contributed by atoms with E-state index in [2.05, 4.69) is 15.7 Å². The van der Waals surface area contributed by atoms with Crippen LogP contribution in [0.5, 0.6) is 0 Å². The second-order valence-electron chi connectivity index (χ2n) is 5.96. The Hall–Kier alpha value is -3.48. The van der Waals surface area contributed by atoms with E-state index in [0.29, 0.717) is 29.0 Å². The van der Waals surface area contributed by atoms with E-state index in [1.54, 1.807) is 41.1 Å². The highest BCUT2D eigenvalue weighted by Crippen LogP contribution is 2.20. The predicted octanol–water partition coefficient (Wildman–Crippen LogP) is 3.78. The van der Waals surface area contributed by atoms with Gasteiger partial charge in [-0.15, -0.1) is 0 Å². The molecule has 1 heterocycles. The van der Waals surface area contributed by atoms with Crippen molar-refractivity contribution in [1.82, 2.24) is 9.78 Å². The molecule has 138 valence electrons. The van der Waals surface area contributed by atoms with Crippen LogP contribution in [0.15, 0.2) is 54.7 Å². The van der Waals surface area contributed by atoms with Crippen molar-refractivity contribution in [3.05, 3.63) is 71.8 Å². The topological polar surface area (TPSA) is 76.0 Å². The molecule has 0 saturated heterocycles. The average molecular weight is 366 g/mol. The van der Waals surface area contributed by atoms with Crippen LogP contribution in [0, 0.1) is 5.82 Å². The van der Waals surface area contributed by atoms with Gasteiger partial charge in [0, 0.05) is 18.3 Å². The fourth-order valence-electron chi connectivity index (χ4n) is 2.78. The van der Waals surface area contributed by atoms with E-state index >= 15 is 0 Å². The number of benzene rings is 2. The molecular formula is C20H19FN4O2. The lowest BCUT2D eigenvalue weighted by atomic mass is 10.1. The largest absolute Gasteiger partial charge is 0.326 e. The number of hydrogen-bond acceptors (Lipinski definition) is 3. The summed E-state index contributed by atoms with van der Waals surface area (Å²) in [6.45, 7) is 3.34. The number of hydrogen-bond donors (Lipinski definition) is 2. The van der Waals surface area contributed by atoms with Gasteiger partial charge in [-0.2, -0.15) is 5.10 Å². The number of halogens is 1. The summed E-state index contributed by atoms with van der Waals surface area (Å²) in [5, 5.41) is 9.77. The van der Waals surface area contributed by atoms with Gasteiger partial charge >= 0.3 is 0 Å². The molecule has 2 aromatic carbocycles. The van der Waals surface area contributed by atoms with Crippen LogP contribution in [0.3, 0.4) is 0 Å². The summed E-state index contributed by atoms with van der Waals surface area (Å²) in [6, 6.07) is 12.8. The molecule has 0 atom stereocenters. The van der Waals surface area contributed by atoms with Gasteiger partial charge in [-0.1, -0.05) is 13.0 Å². The maximum absolute atomic E-state index is 13.2. The van der Waals surface area contributed by atoms with Crippen LogP contribution in [0.4, 0.5) is 15.8 Å². The molecule has 0 saturated carbocycles. The Morgan fingerprint density at radius 3 is 2.37 bits per heavy atom. The van der Waals surface area contributed by atoms with E-state index in [-0.39, 0.29) is 17.6 Å². The molecule has 0 aliphatic rings. The minimum absolute atomic E-state index is 0.188. The molecule has 0 unspecified atom stereocenters. The first-order valence-electron chi connectivity index (χ1n) is 8.49. The zero-order valence-corrected chi connectivity index (χ0v) is 15.0. The Morgan fingerprint density at radius 1 is 1.07 bits per heavy atom. The summed E-state index contributed by atoms with van der Waals surface area (Å²) < 4.78 is 14.8. The van der Waals surface area contributed by atoms with Crippen molar-refractivity contribution < 1.29 is 14.0 Å². The Bertz CT molecular complexity index is 980. The lowest BCUT2D eigenvalue weighted by Gasteiger charge is -2.10. The van der Waals surface area contributed by atoms with E-state index in [0.717, 1.165) is 5.69 Å². The van der Waals surface area contributed by atoms with Crippen LogP contribution in [0.1, 0.15) is 29.9 Å². The fraction of sp³-hybridized carbons (Fsp3) is 0.150. The molecule has 3 rings (SSSR count). The highest BCUT2D eigenvalue weighted by atomic mass is 19.1. The molecule has 2 amide bonds. The molecule has 0 fully saturated rings. The van der Waals surface area contributed by atoms with Crippen LogP contribution >= 0.6 is 0 Å². The summed E-state index contributed by atoms with van der Waals surface area (Å²) in [7, 11) is 0. The Morgan fingerprint density at radius 2 is 1.74 bits per heavy atom. The summed E-state index contributed by atoms with van der Waals surface area (Å²) in [4.78, 5) is 23.9. The average Bonchev–Trinajstić information content (AvgIpc) is 3.06. The van der Waals surface area contributed by atoms with E-state index in [1.165, 1.54) is 25.3 Å². The molecule has 2 N–H and O–H groups in total. The third-order valence-electron chi connectivity index (χ3n) is 3.96. The van der Waals surface area contributed by atoms with Gasteiger partial charge < -0.3 is 10.6 Å². The summed E-state index contributed by atoms with van der Waals surface area (Å²) in [6.07, 6.45) is 2.07. The minimum Gasteiger partial charge on any atom is -0.326 e. The highest BCUT2D eigenvalue weighted by molar-refractivity contribution is 6.05. The van der Waals surface area contributed by atoms with Crippen LogP contribution < -0.4 is 10.6 Å². The maximum atomic E-state index is 13.2. The van der Waals surface area contributed by atoms with Crippen LogP contribution in [-0.2, 0) is 11.2 Å².